The number of nitrogens with zero attached hydrogens (tertiary/aromatic N) is 1. The van der Waals surface area contributed by atoms with Crippen LogP contribution in [0, 0.1) is 0 Å². The smallest absolute Gasteiger partial charge is 0.259 e. The zero-order valence-corrected chi connectivity index (χ0v) is 15.8. The van der Waals surface area contributed by atoms with Gasteiger partial charge in [-0.1, -0.05) is 36.4 Å². The van der Waals surface area contributed by atoms with Gasteiger partial charge >= 0.3 is 0 Å². The second kappa shape index (κ2) is 6.82. The van der Waals surface area contributed by atoms with Gasteiger partial charge in [-0.25, -0.2) is 4.98 Å². The molecular weight excluding hydrogens is 356 g/mol. The van der Waals surface area contributed by atoms with E-state index in [9.17, 15) is 4.79 Å². The van der Waals surface area contributed by atoms with Gasteiger partial charge in [0.05, 0.1) is 12.0 Å². The van der Waals surface area contributed by atoms with Gasteiger partial charge in [-0.15, -0.1) is 11.3 Å². The van der Waals surface area contributed by atoms with Crippen LogP contribution in [-0.4, -0.2) is 16.6 Å². The number of nitrogens with one attached hydrogen (secondary N) is 1. The monoisotopic (exact) mass is 376 g/mol. The second-order valence-corrected chi connectivity index (χ2v) is 8.06. The fourth-order valence-electron chi connectivity index (χ4n) is 3.91. The van der Waals surface area contributed by atoms with Crippen LogP contribution in [0.1, 0.15) is 29.1 Å². The van der Waals surface area contributed by atoms with Crippen LogP contribution >= 0.6 is 11.3 Å². The number of benzene rings is 2. The first-order valence-electron chi connectivity index (χ1n) is 9.43. The molecule has 4 nitrogen and oxygen atoms in total. The maximum Gasteiger partial charge on any atom is 0.259 e. The highest BCUT2D eigenvalue weighted by Crippen LogP contribution is 2.34. The highest BCUT2D eigenvalue weighted by Gasteiger charge is 2.20. The Morgan fingerprint density at radius 2 is 2.00 bits per heavy atom. The minimum absolute atomic E-state index is 0.0179. The number of H-pyrrole nitrogens is 1. The number of rotatable bonds is 5. The van der Waals surface area contributed by atoms with Crippen LogP contribution in [0.4, 0.5) is 0 Å². The number of thiophene rings is 1. The third-order valence-corrected chi connectivity index (χ3v) is 6.37. The minimum atomic E-state index is 0.0179. The lowest BCUT2D eigenvalue weighted by Gasteiger charge is -2.09. The first-order chi connectivity index (χ1) is 13.3. The predicted octanol–water partition coefficient (Wildman–Crippen LogP) is 4.64. The maximum atomic E-state index is 12.5. The normalized spacial score (nSPS) is 13.3. The van der Waals surface area contributed by atoms with Gasteiger partial charge in [0, 0.05) is 16.7 Å². The molecule has 0 bridgehead atoms. The summed E-state index contributed by atoms with van der Waals surface area (Å²) in [6, 6.07) is 14.3. The van der Waals surface area contributed by atoms with Gasteiger partial charge in [0.25, 0.3) is 5.56 Å². The summed E-state index contributed by atoms with van der Waals surface area (Å²) in [5.74, 6) is 1.66. The number of fused-ring (bicyclic) bond motifs is 4. The van der Waals surface area contributed by atoms with Crippen molar-refractivity contribution in [3.05, 3.63) is 69.1 Å². The molecule has 0 saturated heterocycles. The Hall–Kier alpha value is -2.66. The summed E-state index contributed by atoms with van der Waals surface area (Å²) in [6.07, 6.45) is 4.77. The number of hydrogen-bond acceptors (Lipinski definition) is 4. The van der Waals surface area contributed by atoms with Crippen molar-refractivity contribution in [2.75, 3.05) is 6.61 Å². The molecule has 1 N–H and O–H groups in total. The molecule has 5 heteroatoms. The lowest BCUT2D eigenvalue weighted by atomic mass is 10.1. The minimum Gasteiger partial charge on any atom is -0.493 e. The number of hydrogen-bond donors (Lipinski definition) is 1. The van der Waals surface area contributed by atoms with Crippen LogP contribution in [0.25, 0.3) is 21.0 Å². The molecule has 2 aromatic heterocycles. The van der Waals surface area contributed by atoms with E-state index in [1.807, 2.05) is 24.3 Å². The largest absolute Gasteiger partial charge is 0.493 e. The van der Waals surface area contributed by atoms with Crippen molar-refractivity contribution in [3.8, 4) is 5.75 Å². The Labute approximate surface area is 160 Å². The van der Waals surface area contributed by atoms with Crippen molar-refractivity contribution in [1.29, 1.82) is 0 Å². The molecule has 0 aliphatic heterocycles. The van der Waals surface area contributed by atoms with Crippen LogP contribution in [-0.2, 0) is 19.3 Å². The molecule has 0 spiro atoms. The van der Waals surface area contributed by atoms with E-state index in [1.54, 1.807) is 11.3 Å². The number of aryl methyl sites for hydroxylation is 3. The summed E-state index contributed by atoms with van der Waals surface area (Å²) in [5, 5.41) is 3.13. The SMILES string of the molecule is O=c1[nH]c(CCCOc2cccc3ccccc23)nc2sc3c(c12)CCC3. The van der Waals surface area contributed by atoms with Gasteiger partial charge in [-0.3, -0.25) is 4.79 Å². The summed E-state index contributed by atoms with van der Waals surface area (Å²) in [5.41, 5.74) is 1.25. The van der Waals surface area contributed by atoms with Crippen LogP contribution < -0.4 is 10.3 Å². The average molecular weight is 376 g/mol. The third kappa shape index (κ3) is 3.02. The molecule has 0 amide bonds. The van der Waals surface area contributed by atoms with Gasteiger partial charge in [0.1, 0.15) is 16.4 Å². The van der Waals surface area contributed by atoms with E-state index in [4.69, 9.17) is 9.72 Å². The highest BCUT2D eigenvalue weighted by atomic mass is 32.1. The van der Waals surface area contributed by atoms with Crippen molar-refractivity contribution in [2.45, 2.75) is 32.1 Å². The Kier molecular flexibility index (Phi) is 4.17. The molecule has 27 heavy (non-hydrogen) atoms. The molecule has 2 heterocycles. The van der Waals surface area contributed by atoms with Gasteiger partial charge in [0.2, 0.25) is 0 Å². The van der Waals surface area contributed by atoms with Crippen LogP contribution in [0.15, 0.2) is 47.3 Å². The Balaban J connectivity index is 1.29. The molecule has 1 aliphatic carbocycles. The second-order valence-electron chi connectivity index (χ2n) is 6.98. The quantitative estimate of drug-likeness (QED) is 0.516. The summed E-state index contributed by atoms with van der Waals surface area (Å²) >= 11 is 1.69. The summed E-state index contributed by atoms with van der Waals surface area (Å²) in [6.45, 7) is 0.594. The predicted molar refractivity (Wildman–Crippen MR) is 110 cm³/mol. The van der Waals surface area contributed by atoms with Crippen molar-refractivity contribution >= 4 is 32.3 Å². The van der Waals surface area contributed by atoms with Crippen LogP contribution in [0.5, 0.6) is 5.75 Å². The van der Waals surface area contributed by atoms with E-state index < -0.39 is 0 Å². The molecular formula is C22H20N2O2S. The van der Waals surface area contributed by atoms with Gasteiger partial charge in [0.15, 0.2) is 0 Å². The number of ether oxygens (including phenoxy) is 1. The summed E-state index contributed by atoms with van der Waals surface area (Å²) < 4.78 is 5.99. The Morgan fingerprint density at radius 1 is 1.11 bits per heavy atom. The fourth-order valence-corrected chi connectivity index (χ4v) is 5.19. The average Bonchev–Trinajstić information content (AvgIpc) is 3.26. The van der Waals surface area contributed by atoms with E-state index in [0.29, 0.717) is 13.0 Å². The molecule has 0 fully saturated rings. The van der Waals surface area contributed by atoms with E-state index in [1.165, 1.54) is 15.8 Å². The van der Waals surface area contributed by atoms with E-state index in [-0.39, 0.29) is 5.56 Å². The molecule has 0 unspecified atom stereocenters. The number of aromatic amines is 1. The topological polar surface area (TPSA) is 55.0 Å². The maximum absolute atomic E-state index is 12.5. The molecule has 0 saturated carbocycles. The van der Waals surface area contributed by atoms with Gasteiger partial charge in [-0.05, 0) is 42.7 Å². The molecule has 136 valence electrons. The van der Waals surface area contributed by atoms with E-state index >= 15 is 0 Å². The molecule has 5 rings (SSSR count). The summed E-state index contributed by atoms with van der Waals surface area (Å²) in [4.78, 5) is 22.4. The van der Waals surface area contributed by atoms with E-state index in [0.717, 1.165) is 52.9 Å². The lowest BCUT2D eigenvalue weighted by Crippen LogP contribution is -2.12. The standard InChI is InChI=1S/C22H20N2O2S/c25-21-20-16-9-4-11-18(16)27-22(20)24-19(23-21)12-5-13-26-17-10-3-7-14-6-1-2-8-15(14)17/h1-3,6-8,10H,4-5,9,11-13H2,(H,23,24,25). The van der Waals surface area contributed by atoms with Crippen molar-refractivity contribution < 1.29 is 4.74 Å². The first kappa shape index (κ1) is 16.5. The Bertz CT molecular complexity index is 1190. The molecule has 4 aromatic rings. The van der Waals surface area contributed by atoms with Crippen molar-refractivity contribution in [2.24, 2.45) is 0 Å². The molecule has 1 aliphatic rings. The number of aromatic nitrogens is 2. The van der Waals surface area contributed by atoms with Crippen LogP contribution in [0.2, 0.25) is 0 Å². The van der Waals surface area contributed by atoms with Gasteiger partial charge in [-0.2, -0.15) is 0 Å². The fraction of sp³-hybridized carbons (Fsp3) is 0.273. The van der Waals surface area contributed by atoms with Gasteiger partial charge < -0.3 is 9.72 Å². The third-order valence-electron chi connectivity index (χ3n) is 5.19. The summed E-state index contributed by atoms with van der Waals surface area (Å²) in [7, 11) is 0. The van der Waals surface area contributed by atoms with E-state index in [2.05, 4.69) is 23.2 Å². The van der Waals surface area contributed by atoms with Crippen molar-refractivity contribution in [1.82, 2.24) is 9.97 Å². The lowest BCUT2D eigenvalue weighted by molar-refractivity contribution is 0.313. The molecule has 0 radical (unpaired) electrons. The molecule has 0 atom stereocenters. The molecule has 2 aromatic carbocycles. The first-order valence-corrected chi connectivity index (χ1v) is 10.3. The zero-order chi connectivity index (χ0) is 18.2. The highest BCUT2D eigenvalue weighted by molar-refractivity contribution is 7.18. The zero-order valence-electron chi connectivity index (χ0n) is 15.0. The van der Waals surface area contributed by atoms with Crippen LogP contribution in [0.3, 0.4) is 0 Å². The Morgan fingerprint density at radius 3 is 2.96 bits per heavy atom. The van der Waals surface area contributed by atoms with Crippen molar-refractivity contribution in [3.63, 3.8) is 0 Å².